The van der Waals surface area contributed by atoms with E-state index in [-0.39, 0.29) is 5.41 Å². The zero-order valence-corrected chi connectivity index (χ0v) is 10.0. The van der Waals surface area contributed by atoms with Gasteiger partial charge < -0.3 is 5.73 Å². The van der Waals surface area contributed by atoms with Crippen molar-refractivity contribution < 1.29 is 0 Å². The quantitative estimate of drug-likeness (QED) is 0.686. The number of hydrogen-bond donors (Lipinski definition) is 1. The highest BCUT2D eigenvalue weighted by Crippen LogP contribution is 2.30. The summed E-state index contributed by atoms with van der Waals surface area (Å²) in [6.07, 6.45) is 0. The molecule has 0 atom stereocenters. The summed E-state index contributed by atoms with van der Waals surface area (Å²) in [7, 11) is 0. The number of pyridine rings is 1. The molecule has 0 aromatic carbocycles. The molecule has 78 valence electrons. The first kappa shape index (κ1) is 11.0. The van der Waals surface area contributed by atoms with Gasteiger partial charge in [-0.1, -0.05) is 20.8 Å². The van der Waals surface area contributed by atoms with E-state index in [0.29, 0.717) is 0 Å². The summed E-state index contributed by atoms with van der Waals surface area (Å²) in [6, 6.07) is 0. The molecule has 0 amide bonds. The normalized spacial score (nSPS) is 11.9. The Hall–Kier alpha value is -1.05. The molecule has 1 aromatic heterocycles. The maximum atomic E-state index is 6.08. The van der Waals surface area contributed by atoms with Gasteiger partial charge >= 0.3 is 0 Å². The van der Waals surface area contributed by atoms with Crippen LogP contribution in [0.4, 0.5) is 5.69 Å². The van der Waals surface area contributed by atoms with Crippen molar-refractivity contribution in [2.24, 2.45) is 0 Å². The maximum Gasteiger partial charge on any atom is 0.0692 e. The molecule has 2 nitrogen and oxygen atoms in total. The van der Waals surface area contributed by atoms with Crippen LogP contribution in [0.15, 0.2) is 0 Å². The topological polar surface area (TPSA) is 38.9 Å². The minimum atomic E-state index is 0.0211. The first-order valence-corrected chi connectivity index (χ1v) is 4.99. The third-order valence-corrected chi connectivity index (χ3v) is 2.75. The molecule has 1 heterocycles. The molecule has 0 saturated heterocycles. The zero-order valence-electron chi connectivity index (χ0n) is 10.0. The molecule has 0 saturated carbocycles. The van der Waals surface area contributed by atoms with Crippen LogP contribution in [0, 0.1) is 20.8 Å². The van der Waals surface area contributed by atoms with E-state index in [1.807, 2.05) is 6.92 Å². The Morgan fingerprint density at radius 2 is 1.50 bits per heavy atom. The Kier molecular flexibility index (Phi) is 2.57. The van der Waals surface area contributed by atoms with Crippen molar-refractivity contribution >= 4 is 5.69 Å². The van der Waals surface area contributed by atoms with E-state index >= 15 is 0 Å². The smallest absolute Gasteiger partial charge is 0.0692 e. The largest absolute Gasteiger partial charge is 0.397 e. The zero-order chi connectivity index (χ0) is 11.1. The third kappa shape index (κ3) is 1.74. The Balaban J connectivity index is 3.49. The van der Waals surface area contributed by atoms with Crippen LogP contribution < -0.4 is 5.73 Å². The van der Waals surface area contributed by atoms with E-state index in [0.717, 1.165) is 17.1 Å². The standard InChI is InChI=1S/C12H20N2/c1-7-8(2)10(13)11(12(4,5)6)14-9(7)3/h13H2,1-6H3. The highest BCUT2D eigenvalue weighted by atomic mass is 14.8. The number of nitrogen functional groups attached to an aromatic ring is 1. The minimum Gasteiger partial charge on any atom is -0.397 e. The van der Waals surface area contributed by atoms with Gasteiger partial charge in [0, 0.05) is 11.1 Å². The van der Waals surface area contributed by atoms with E-state index < -0.39 is 0 Å². The van der Waals surface area contributed by atoms with E-state index in [1.165, 1.54) is 11.1 Å². The summed E-state index contributed by atoms with van der Waals surface area (Å²) in [5.74, 6) is 0. The summed E-state index contributed by atoms with van der Waals surface area (Å²) in [6.45, 7) is 12.6. The van der Waals surface area contributed by atoms with Gasteiger partial charge in [0.2, 0.25) is 0 Å². The van der Waals surface area contributed by atoms with E-state index in [4.69, 9.17) is 5.73 Å². The number of aryl methyl sites for hydroxylation is 1. The molecular formula is C12H20N2. The molecule has 0 aliphatic rings. The van der Waals surface area contributed by atoms with Gasteiger partial charge in [-0.2, -0.15) is 0 Å². The summed E-state index contributed by atoms with van der Waals surface area (Å²) in [5.41, 5.74) is 11.4. The first-order chi connectivity index (χ1) is 6.25. The number of anilines is 1. The summed E-state index contributed by atoms with van der Waals surface area (Å²) in [4.78, 5) is 4.58. The predicted octanol–water partition coefficient (Wildman–Crippen LogP) is 2.89. The molecule has 1 rings (SSSR count). The van der Waals surface area contributed by atoms with Crippen LogP contribution in [0.25, 0.3) is 0 Å². The van der Waals surface area contributed by atoms with Crippen LogP contribution >= 0.6 is 0 Å². The predicted molar refractivity (Wildman–Crippen MR) is 61.6 cm³/mol. The first-order valence-electron chi connectivity index (χ1n) is 4.99. The molecule has 0 radical (unpaired) electrons. The van der Waals surface area contributed by atoms with Crippen molar-refractivity contribution in [2.75, 3.05) is 5.73 Å². The van der Waals surface area contributed by atoms with Crippen molar-refractivity contribution in [2.45, 2.75) is 47.0 Å². The van der Waals surface area contributed by atoms with Crippen LogP contribution in [0.3, 0.4) is 0 Å². The van der Waals surface area contributed by atoms with Crippen molar-refractivity contribution in [3.8, 4) is 0 Å². The molecular weight excluding hydrogens is 172 g/mol. The Morgan fingerprint density at radius 1 is 1.00 bits per heavy atom. The van der Waals surface area contributed by atoms with Crippen molar-refractivity contribution in [3.63, 3.8) is 0 Å². The Labute approximate surface area is 86.5 Å². The van der Waals surface area contributed by atoms with Gasteiger partial charge in [0.1, 0.15) is 0 Å². The summed E-state index contributed by atoms with van der Waals surface area (Å²) in [5, 5.41) is 0. The fourth-order valence-electron chi connectivity index (χ4n) is 1.53. The molecule has 1 aromatic rings. The van der Waals surface area contributed by atoms with Gasteiger partial charge in [-0.05, 0) is 31.9 Å². The second kappa shape index (κ2) is 3.26. The lowest BCUT2D eigenvalue weighted by Gasteiger charge is -2.23. The fraction of sp³-hybridized carbons (Fsp3) is 0.583. The lowest BCUT2D eigenvalue weighted by molar-refractivity contribution is 0.568. The summed E-state index contributed by atoms with van der Waals surface area (Å²) >= 11 is 0. The maximum absolute atomic E-state index is 6.08. The molecule has 0 bridgehead atoms. The Bertz CT molecular complexity index is 360. The molecule has 14 heavy (non-hydrogen) atoms. The lowest BCUT2D eigenvalue weighted by Crippen LogP contribution is -2.18. The number of nitrogens with zero attached hydrogens (tertiary/aromatic N) is 1. The second-order valence-corrected chi connectivity index (χ2v) is 4.96. The van der Waals surface area contributed by atoms with Crippen LogP contribution in [-0.4, -0.2) is 4.98 Å². The van der Waals surface area contributed by atoms with Gasteiger partial charge in [0.25, 0.3) is 0 Å². The van der Waals surface area contributed by atoms with Crippen LogP contribution in [0.5, 0.6) is 0 Å². The number of rotatable bonds is 0. The molecule has 0 aliphatic carbocycles. The van der Waals surface area contributed by atoms with Crippen LogP contribution in [0.1, 0.15) is 43.3 Å². The van der Waals surface area contributed by atoms with E-state index in [2.05, 4.69) is 39.6 Å². The van der Waals surface area contributed by atoms with Gasteiger partial charge in [-0.15, -0.1) is 0 Å². The van der Waals surface area contributed by atoms with E-state index in [9.17, 15) is 0 Å². The van der Waals surface area contributed by atoms with E-state index in [1.54, 1.807) is 0 Å². The van der Waals surface area contributed by atoms with Crippen LogP contribution in [0.2, 0.25) is 0 Å². The monoisotopic (exact) mass is 192 g/mol. The van der Waals surface area contributed by atoms with Gasteiger partial charge in [0.05, 0.1) is 11.4 Å². The molecule has 0 fully saturated rings. The Morgan fingerprint density at radius 3 is 1.93 bits per heavy atom. The SMILES string of the molecule is Cc1nc(C(C)(C)C)c(N)c(C)c1C. The lowest BCUT2D eigenvalue weighted by atomic mass is 9.88. The highest BCUT2D eigenvalue weighted by Gasteiger charge is 2.21. The fourth-order valence-corrected chi connectivity index (χ4v) is 1.53. The van der Waals surface area contributed by atoms with Crippen molar-refractivity contribution in [1.82, 2.24) is 4.98 Å². The minimum absolute atomic E-state index is 0.0211. The number of hydrogen-bond acceptors (Lipinski definition) is 2. The molecule has 0 spiro atoms. The highest BCUT2D eigenvalue weighted by molar-refractivity contribution is 5.56. The van der Waals surface area contributed by atoms with Gasteiger partial charge in [-0.3, -0.25) is 4.98 Å². The van der Waals surface area contributed by atoms with Gasteiger partial charge in [-0.25, -0.2) is 0 Å². The number of aromatic nitrogens is 1. The average molecular weight is 192 g/mol. The molecule has 2 heteroatoms. The molecule has 0 aliphatic heterocycles. The van der Waals surface area contributed by atoms with Crippen molar-refractivity contribution in [1.29, 1.82) is 0 Å². The summed E-state index contributed by atoms with van der Waals surface area (Å²) < 4.78 is 0. The number of nitrogens with two attached hydrogens (primary N) is 1. The van der Waals surface area contributed by atoms with Crippen LogP contribution in [-0.2, 0) is 5.41 Å². The average Bonchev–Trinajstić information content (AvgIpc) is 2.06. The molecule has 0 unspecified atom stereocenters. The third-order valence-electron chi connectivity index (χ3n) is 2.75. The second-order valence-electron chi connectivity index (χ2n) is 4.96. The van der Waals surface area contributed by atoms with Gasteiger partial charge in [0.15, 0.2) is 0 Å². The molecule has 2 N–H and O–H groups in total. The van der Waals surface area contributed by atoms with Crippen molar-refractivity contribution in [3.05, 3.63) is 22.5 Å².